The predicted molar refractivity (Wildman–Crippen MR) is 102 cm³/mol. The van der Waals surface area contributed by atoms with Crippen LogP contribution in [-0.4, -0.2) is 35.1 Å². The number of thiophene rings is 1. The molecule has 0 atom stereocenters. The lowest BCUT2D eigenvalue weighted by atomic mass is 9.95. The number of rotatable bonds is 6. The maximum Gasteiger partial charge on any atom is 0.247 e. The Morgan fingerprint density at radius 3 is 2.60 bits per heavy atom. The molecule has 7 heteroatoms. The van der Waals surface area contributed by atoms with E-state index in [4.69, 9.17) is 0 Å². The molecule has 0 amide bonds. The van der Waals surface area contributed by atoms with Crippen LogP contribution in [0, 0.1) is 0 Å². The third-order valence-electron chi connectivity index (χ3n) is 4.86. The lowest BCUT2D eigenvalue weighted by molar-refractivity contribution is 0.261. The second-order valence-corrected chi connectivity index (χ2v) is 9.70. The summed E-state index contributed by atoms with van der Waals surface area (Å²) in [5.74, 6) is 0. The van der Waals surface area contributed by atoms with Gasteiger partial charge in [0.15, 0.2) is 0 Å². The van der Waals surface area contributed by atoms with Gasteiger partial charge in [0.25, 0.3) is 0 Å². The standard InChI is InChI=1S/C18H27N3O2S2/c1-4-21(15-9-6-5-7-10-15)25(22,23)17-13-20(14(2)3)19-18(17)16-11-8-12-24-16/h8,11-15H,4-7,9-10H2,1-3H3. The molecule has 0 unspecified atom stereocenters. The van der Waals surface area contributed by atoms with Gasteiger partial charge in [-0.2, -0.15) is 9.40 Å². The van der Waals surface area contributed by atoms with Crippen molar-refractivity contribution in [3.8, 4) is 10.6 Å². The van der Waals surface area contributed by atoms with Crippen molar-refractivity contribution in [1.29, 1.82) is 0 Å². The van der Waals surface area contributed by atoms with Crippen molar-refractivity contribution in [3.63, 3.8) is 0 Å². The number of hydrogen-bond donors (Lipinski definition) is 0. The predicted octanol–water partition coefficient (Wildman–Crippen LogP) is 4.54. The van der Waals surface area contributed by atoms with Crippen LogP contribution in [0.2, 0.25) is 0 Å². The van der Waals surface area contributed by atoms with E-state index in [0.717, 1.165) is 30.6 Å². The highest BCUT2D eigenvalue weighted by molar-refractivity contribution is 7.89. The minimum atomic E-state index is -3.56. The lowest BCUT2D eigenvalue weighted by Gasteiger charge is -2.32. The highest BCUT2D eigenvalue weighted by Gasteiger charge is 2.34. The van der Waals surface area contributed by atoms with Crippen LogP contribution in [0.25, 0.3) is 10.6 Å². The highest BCUT2D eigenvalue weighted by atomic mass is 32.2. The molecule has 138 valence electrons. The summed E-state index contributed by atoms with van der Waals surface area (Å²) in [5.41, 5.74) is 0.581. The van der Waals surface area contributed by atoms with Crippen LogP contribution in [0.1, 0.15) is 58.9 Å². The first-order valence-corrected chi connectivity index (χ1v) is 11.4. The van der Waals surface area contributed by atoms with Crippen LogP contribution in [0.3, 0.4) is 0 Å². The van der Waals surface area contributed by atoms with E-state index in [9.17, 15) is 8.42 Å². The molecule has 0 aliphatic heterocycles. The molecule has 25 heavy (non-hydrogen) atoms. The van der Waals surface area contributed by atoms with Crippen molar-refractivity contribution in [2.24, 2.45) is 0 Å². The Kier molecular flexibility index (Phi) is 5.65. The average molecular weight is 382 g/mol. The van der Waals surface area contributed by atoms with Crippen molar-refractivity contribution in [2.75, 3.05) is 6.54 Å². The second kappa shape index (κ2) is 7.60. The van der Waals surface area contributed by atoms with Crippen molar-refractivity contribution in [2.45, 2.75) is 69.9 Å². The van der Waals surface area contributed by atoms with Crippen LogP contribution >= 0.6 is 11.3 Å². The molecule has 0 saturated heterocycles. The summed E-state index contributed by atoms with van der Waals surface area (Å²) in [4.78, 5) is 1.24. The van der Waals surface area contributed by atoms with Gasteiger partial charge in [-0.25, -0.2) is 8.42 Å². The third kappa shape index (κ3) is 3.68. The van der Waals surface area contributed by atoms with E-state index in [1.54, 1.807) is 15.2 Å². The maximum absolute atomic E-state index is 13.5. The SMILES string of the molecule is CCN(C1CCCCC1)S(=O)(=O)c1cn(C(C)C)nc1-c1cccs1. The molecule has 5 nitrogen and oxygen atoms in total. The lowest BCUT2D eigenvalue weighted by Crippen LogP contribution is -2.41. The molecule has 1 aliphatic carbocycles. The van der Waals surface area contributed by atoms with Crippen LogP contribution in [-0.2, 0) is 10.0 Å². The normalized spacial score (nSPS) is 16.8. The fourth-order valence-electron chi connectivity index (χ4n) is 3.53. The van der Waals surface area contributed by atoms with Crippen molar-refractivity contribution in [1.82, 2.24) is 14.1 Å². The number of hydrogen-bond acceptors (Lipinski definition) is 4. The fourth-order valence-corrected chi connectivity index (χ4v) is 6.15. The molecule has 0 aromatic carbocycles. The summed E-state index contributed by atoms with van der Waals surface area (Å²) >= 11 is 1.53. The van der Waals surface area contributed by atoms with Crippen molar-refractivity contribution >= 4 is 21.4 Å². The van der Waals surface area contributed by atoms with Gasteiger partial charge < -0.3 is 0 Å². The van der Waals surface area contributed by atoms with Crippen LogP contribution in [0.5, 0.6) is 0 Å². The zero-order chi connectivity index (χ0) is 18.0. The van der Waals surface area contributed by atoms with Crippen LogP contribution in [0.15, 0.2) is 28.6 Å². The van der Waals surface area contributed by atoms with Gasteiger partial charge >= 0.3 is 0 Å². The van der Waals surface area contributed by atoms with Crippen molar-refractivity contribution in [3.05, 3.63) is 23.7 Å². The molecular weight excluding hydrogens is 354 g/mol. The first-order valence-electron chi connectivity index (χ1n) is 9.10. The number of nitrogens with zero attached hydrogens (tertiary/aromatic N) is 3. The molecule has 2 aromatic rings. The third-order valence-corrected chi connectivity index (χ3v) is 7.77. The summed E-state index contributed by atoms with van der Waals surface area (Å²) in [6.45, 7) is 6.47. The summed E-state index contributed by atoms with van der Waals surface area (Å²) in [6.07, 6.45) is 7.05. The minimum Gasteiger partial charge on any atom is -0.268 e. The van der Waals surface area contributed by atoms with Gasteiger partial charge in [0, 0.05) is 24.8 Å². The molecule has 0 spiro atoms. The highest BCUT2D eigenvalue weighted by Crippen LogP contribution is 2.34. The molecular formula is C18H27N3O2S2. The Morgan fingerprint density at radius 2 is 2.04 bits per heavy atom. The van der Waals surface area contributed by atoms with E-state index in [0.29, 0.717) is 17.1 Å². The van der Waals surface area contributed by atoms with Gasteiger partial charge in [-0.1, -0.05) is 32.3 Å². The monoisotopic (exact) mass is 381 g/mol. The number of sulfonamides is 1. The largest absolute Gasteiger partial charge is 0.268 e. The van der Waals surface area contributed by atoms with Gasteiger partial charge in [0.2, 0.25) is 10.0 Å². The van der Waals surface area contributed by atoms with Gasteiger partial charge in [0.1, 0.15) is 10.6 Å². The van der Waals surface area contributed by atoms with E-state index in [1.165, 1.54) is 17.8 Å². The molecule has 0 radical (unpaired) electrons. The molecule has 1 saturated carbocycles. The molecule has 2 aromatic heterocycles. The zero-order valence-corrected chi connectivity index (χ0v) is 16.8. The smallest absolute Gasteiger partial charge is 0.247 e. The topological polar surface area (TPSA) is 55.2 Å². The Bertz CT molecular complexity index is 788. The Labute approximate surface area is 154 Å². The molecule has 1 aliphatic rings. The van der Waals surface area contributed by atoms with E-state index in [-0.39, 0.29) is 12.1 Å². The van der Waals surface area contributed by atoms with Gasteiger partial charge in [-0.15, -0.1) is 11.3 Å². The number of aromatic nitrogens is 2. The zero-order valence-electron chi connectivity index (χ0n) is 15.2. The molecule has 3 rings (SSSR count). The Balaban J connectivity index is 2.06. The average Bonchev–Trinajstić information content (AvgIpc) is 3.26. The summed E-state index contributed by atoms with van der Waals surface area (Å²) < 4.78 is 30.4. The molecule has 0 N–H and O–H groups in total. The van der Waals surface area contributed by atoms with E-state index < -0.39 is 10.0 Å². The second-order valence-electron chi connectivity index (χ2n) is 6.89. The van der Waals surface area contributed by atoms with Crippen LogP contribution < -0.4 is 0 Å². The molecule has 1 fully saturated rings. The van der Waals surface area contributed by atoms with Gasteiger partial charge in [0.05, 0.1) is 4.88 Å². The molecule has 2 heterocycles. The first kappa shape index (κ1) is 18.6. The Hall–Kier alpha value is -1.18. The van der Waals surface area contributed by atoms with E-state index in [2.05, 4.69) is 5.10 Å². The van der Waals surface area contributed by atoms with Crippen molar-refractivity contribution < 1.29 is 8.42 Å². The maximum atomic E-state index is 13.5. The minimum absolute atomic E-state index is 0.113. The van der Waals surface area contributed by atoms with Gasteiger partial charge in [-0.3, -0.25) is 4.68 Å². The first-order chi connectivity index (χ1) is 11.9. The fraction of sp³-hybridized carbons (Fsp3) is 0.611. The molecule has 0 bridgehead atoms. The Morgan fingerprint density at radius 1 is 1.32 bits per heavy atom. The van der Waals surface area contributed by atoms with E-state index in [1.807, 2.05) is 38.3 Å². The van der Waals surface area contributed by atoms with Gasteiger partial charge in [-0.05, 0) is 38.1 Å². The summed E-state index contributed by atoms with van der Waals surface area (Å²) in [5, 5.41) is 6.56. The summed E-state index contributed by atoms with van der Waals surface area (Å²) in [7, 11) is -3.56. The quantitative estimate of drug-likeness (QED) is 0.738. The summed E-state index contributed by atoms with van der Waals surface area (Å²) in [6, 6.07) is 4.10. The van der Waals surface area contributed by atoms with Crippen LogP contribution in [0.4, 0.5) is 0 Å². The van der Waals surface area contributed by atoms with E-state index >= 15 is 0 Å².